The van der Waals surface area contributed by atoms with Crippen molar-refractivity contribution < 1.29 is 27.4 Å². The van der Waals surface area contributed by atoms with Gasteiger partial charge in [-0.25, -0.2) is 8.78 Å². The summed E-state index contributed by atoms with van der Waals surface area (Å²) >= 11 is 0. The van der Waals surface area contributed by atoms with Crippen molar-refractivity contribution in [1.29, 1.82) is 0 Å². The number of aromatic nitrogens is 1. The van der Waals surface area contributed by atoms with Crippen molar-refractivity contribution in [3.63, 3.8) is 0 Å². The Morgan fingerprint density at radius 3 is 2.29 bits per heavy atom. The zero-order valence-electron chi connectivity index (χ0n) is 16.8. The first-order valence-corrected chi connectivity index (χ1v) is 9.99. The lowest BCUT2D eigenvalue weighted by molar-refractivity contribution is -0.0902. The number of pyridine rings is 1. The Bertz CT molecular complexity index is 1060. The van der Waals surface area contributed by atoms with E-state index >= 15 is 8.78 Å². The first-order chi connectivity index (χ1) is 14.8. The number of aryl methyl sites for hydroxylation is 1. The summed E-state index contributed by atoms with van der Waals surface area (Å²) in [5.74, 6) is -5.62. The van der Waals surface area contributed by atoms with Gasteiger partial charge in [0.05, 0.1) is 6.61 Å². The first-order valence-electron chi connectivity index (χ1n) is 9.99. The Kier molecular flexibility index (Phi) is 5.58. The van der Waals surface area contributed by atoms with Crippen LogP contribution in [0.2, 0.25) is 0 Å². The van der Waals surface area contributed by atoms with Gasteiger partial charge in [0.25, 0.3) is 0 Å². The summed E-state index contributed by atoms with van der Waals surface area (Å²) in [7, 11) is 0. The molecule has 0 radical (unpaired) electrons. The van der Waals surface area contributed by atoms with E-state index in [0.29, 0.717) is 17.2 Å². The maximum Gasteiger partial charge on any atom is 0.324 e. The van der Waals surface area contributed by atoms with Crippen LogP contribution in [0.25, 0.3) is 0 Å². The number of nitrogens with zero attached hydrogens (tertiary/aromatic N) is 1. The van der Waals surface area contributed by atoms with Crippen LogP contribution in [0.5, 0.6) is 0 Å². The summed E-state index contributed by atoms with van der Waals surface area (Å²) < 4.78 is 62.8. The second kappa shape index (κ2) is 8.05. The van der Waals surface area contributed by atoms with Crippen LogP contribution in [0.4, 0.5) is 17.6 Å². The van der Waals surface area contributed by atoms with E-state index in [1.165, 1.54) is 12.3 Å². The molecule has 1 saturated heterocycles. The quantitative estimate of drug-likeness (QED) is 0.402. The highest BCUT2D eigenvalue weighted by Gasteiger charge is 2.68. The third-order valence-electron chi connectivity index (χ3n) is 5.56. The van der Waals surface area contributed by atoms with Gasteiger partial charge in [-0.2, -0.15) is 8.78 Å². The lowest BCUT2D eigenvalue weighted by Gasteiger charge is -2.24. The van der Waals surface area contributed by atoms with E-state index < -0.39 is 47.1 Å². The number of hydrogen-bond acceptors (Lipinski definition) is 3. The molecule has 0 amide bonds. The Hall–Kier alpha value is -2.77. The highest BCUT2D eigenvalue weighted by atomic mass is 19.3. The van der Waals surface area contributed by atoms with Crippen molar-refractivity contribution in [2.45, 2.75) is 37.4 Å². The van der Waals surface area contributed by atoms with E-state index in [2.05, 4.69) is 11.9 Å². The van der Waals surface area contributed by atoms with Crippen LogP contribution in [0.3, 0.4) is 0 Å². The number of aliphatic hydroxyl groups is 1. The molecule has 2 heterocycles. The molecule has 1 aliphatic heterocycles. The van der Waals surface area contributed by atoms with Gasteiger partial charge in [0.2, 0.25) is 0 Å². The maximum absolute atomic E-state index is 15.2. The molecule has 0 bridgehead atoms. The summed E-state index contributed by atoms with van der Waals surface area (Å²) in [6.07, 6.45) is 2.09. The zero-order chi connectivity index (χ0) is 22.2. The van der Waals surface area contributed by atoms with Crippen LogP contribution in [-0.4, -0.2) is 16.7 Å². The number of alkyl halides is 2. The molecule has 2 aromatic carbocycles. The SMILES string of the molecule is CCCc1ccc(C(O)c2ccc(C(F)(F)C3(c4ccc(F)cc4F)CO3)nc2)cc1. The van der Waals surface area contributed by atoms with Gasteiger partial charge >= 0.3 is 5.92 Å². The fourth-order valence-corrected chi connectivity index (χ4v) is 3.70. The van der Waals surface area contributed by atoms with Crippen LogP contribution in [0, 0.1) is 11.6 Å². The van der Waals surface area contributed by atoms with Gasteiger partial charge in [0, 0.05) is 23.4 Å². The molecule has 1 aromatic heterocycles. The molecular formula is C24H21F4NO2. The standard InChI is InChI=1S/C24H21F4NO2/c1-2-3-15-4-6-16(7-5-15)22(30)17-8-11-21(29-13-17)24(27,28)23(14-31-23)19-10-9-18(25)12-20(19)26/h4-13,22,30H,2-3,14H2,1H3. The van der Waals surface area contributed by atoms with E-state index in [-0.39, 0.29) is 0 Å². The number of epoxide rings is 1. The van der Waals surface area contributed by atoms with Crippen LogP contribution in [0.15, 0.2) is 60.8 Å². The third-order valence-corrected chi connectivity index (χ3v) is 5.56. The molecule has 3 aromatic rings. The zero-order valence-corrected chi connectivity index (χ0v) is 16.8. The van der Waals surface area contributed by atoms with Gasteiger partial charge in [-0.1, -0.05) is 43.7 Å². The second-order valence-electron chi connectivity index (χ2n) is 7.69. The van der Waals surface area contributed by atoms with Crippen LogP contribution < -0.4 is 0 Å². The predicted molar refractivity (Wildman–Crippen MR) is 107 cm³/mol. The Balaban J connectivity index is 1.58. The average Bonchev–Trinajstić information content (AvgIpc) is 3.56. The minimum Gasteiger partial charge on any atom is -0.384 e. The average molecular weight is 431 g/mol. The Labute approximate surface area is 177 Å². The lowest BCUT2D eigenvalue weighted by atomic mass is 9.90. The van der Waals surface area contributed by atoms with Crippen LogP contribution in [0.1, 0.15) is 47.4 Å². The summed E-state index contributed by atoms with van der Waals surface area (Å²) in [5.41, 5.74) is -1.15. The highest BCUT2D eigenvalue weighted by Crippen LogP contribution is 2.56. The van der Waals surface area contributed by atoms with E-state index in [4.69, 9.17) is 4.74 Å². The van der Waals surface area contributed by atoms with Gasteiger partial charge < -0.3 is 9.84 Å². The van der Waals surface area contributed by atoms with E-state index in [9.17, 15) is 13.9 Å². The molecule has 7 heteroatoms. The fraction of sp³-hybridized carbons (Fsp3) is 0.292. The predicted octanol–water partition coefficient (Wildman–Crippen LogP) is 5.41. The Morgan fingerprint density at radius 1 is 1.06 bits per heavy atom. The number of hydrogen-bond donors (Lipinski definition) is 1. The number of aliphatic hydroxyl groups excluding tert-OH is 1. The third kappa shape index (κ3) is 3.83. The molecule has 0 aliphatic carbocycles. The summed E-state index contributed by atoms with van der Waals surface area (Å²) in [6, 6.07) is 12.3. The number of rotatable bonds is 7. The van der Waals surface area contributed by atoms with Crippen LogP contribution >= 0.6 is 0 Å². The van der Waals surface area contributed by atoms with Crippen molar-refractivity contribution >= 4 is 0 Å². The molecule has 1 N–H and O–H groups in total. The summed E-state index contributed by atoms with van der Waals surface area (Å²) in [4.78, 5) is 3.84. The molecule has 4 rings (SSSR count). The van der Waals surface area contributed by atoms with Crippen molar-refractivity contribution in [2.24, 2.45) is 0 Å². The molecule has 1 fully saturated rings. The molecule has 31 heavy (non-hydrogen) atoms. The van der Waals surface area contributed by atoms with E-state index in [1.54, 1.807) is 12.1 Å². The fourth-order valence-electron chi connectivity index (χ4n) is 3.70. The molecule has 0 saturated carbocycles. The Morgan fingerprint density at radius 2 is 1.74 bits per heavy atom. The van der Waals surface area contributed by atoms with Crippen LogP contribution in [-0.2, 0) is 22.7 Å². The highest BCUT2D eigenvalue weighted by molar-refractivity contribution is 5.37. The monoisotopic (exact) mass is 431 g/mol. The van der Waals surface area contributed by atoms with Crippen molar-refractivity contribution in [3.05, 3.63) is 100 Å². The van der Waals surface area contributed by atoms with Crippen molar-refractivity contribution in [1.82, 2.24) is 4.98 Å². The summed E-state index contributed by atoms with van der Waals surface area (Å²) in [6.45, 7) is 1.66. The lowest BCUT2D eigenvalue weighted by Crippen LogP contribution is -2.34. The largest absolute Gasteiger partial charge is 0.384 e. The van der Waals surface area contributed by atoms with Gasteiger partial charge in [-0.3, -0.25) is 4.98 Å². The topological polar surface area (TPSA) is 45.6 Å². The van der Waals surface area contributed by atoms with Gasteiger partial charge in [-0.05, 0) is 35.7 Å². The minimum atomic E-state index is -3.66. The van der Waals surface area contributed by atoms with Crippen molar-refractivity contribution in [3.8, 4) is 0 Å². The molecule has 3 nitrogen and oxygen atoms in total. The first kappa shape index (κ1) is 21.5. The van der Waals surface area contributed by atoms with Gasteiger partial charge in [0.1, 0.15) is 23.4 Å². The normalized spacial score (nSPS) is 19.3. The van der Waals surface area contributed by atoms with E-state index in [1.807, 2.05) is 12.1 Å². The molecule has 0 spiro atoms. The smallest absolute Gasteiger partial charge is 0.324 e. The minimum absolute atomic E-state index is 0.349. The molecule has 1 aliphatic rings. The van der Waals surface area contributed by atoms with Gasteiger partial charge in [-0.15, -0.1) is 0 Å². The maximum atomic E-state index is 15.2. The number of halogens is 4. The molecule has 162 valence electrons. The second-order valence-corrected chi connectivity index (χ2v) is 7.69. The molecule has 2 unspecified atom stereocenters. The van der Waals surface area contributed by atoms with Gasteiger partial charge in [0.15, 0.2) is 5.60 Å². The van der Waals surface area contributed by atoms with E-state index in [0.717, 1.165) is 36.6 Å². The van der Waals surface area contributed by atoms with Crippen molar-refractivity contribution in [2.75, 3.05) is 6.61 Å². The number of ether oxygens (including phenoxy) is 1. The summed E-state index contributed by atoms with van der Waals surface area (Å²) in [5, 5.41) is 10.6. The number of benzene rings is 2. The molecular weight excluding hydrogens is 410 g/mol. The molecule has 2 atom stereocenters.